The van der Waals surface area contributed by atoms with E-state index >= 15 is 0 Å². The predicted octanol–water partition coefficient (Wildman–Crippen LogP) is 7.31. The van der Waals surface area contributed by atoms with Crippen LogP contribution in [0.1, 0.15) is 45.6 Å². The summed E-state index contributed by atoms with van der Waals surface area (Å²) in [5.41, 5.74) is 6.21. The molecule has 9 rings (SSSR count). The Kier molecular flexibility index (Phi) is 3.61. The number of nitrogens with zero attached hydrogens (tertiary/aromatic N) is 3. The van der Waals surface area contributed by atoms with Crippen molar-refractivity contribution >= 4 is 38.8 Å². The molecule has 2 unspecified atom stereocenters. The average Bonchev–Trinajstić information content (AvgIpc) is 3.65. The fourth-order valence-corrected chi connectivity index (χ4v) is 8.02. The SMILES string of the molecule is CC(C)n1c(NC23CC4CC2CC4C3)nc2c(-n3c4ccccc4c4ccccc43)cccc21. The van der Waals surface area contributed by atoms with Crippen molar-refractivity contribution in [2.75, 3.05) is 5.32 Å². The molecule has 3 aromatic carbocycles. The molecule has 2 aromatic heterocycles. The van der Waals surface area contributed by atoms with Gasteiger partial charge in [-0.15, -0.1) is 0 Å². The molecule has 2 atom stereocenters. The van der Waals surface area contributed by atoms with Gasteiger partial charge < -0.3 is 14.5 Å². The van der Waals surface area contributed by atoms with E-state index < -0.39 is 0 Å². The molecule has 4 nitrogen and oxygen atoms in total. The van der Waals surface area contributed by atoms with E-state index in [4.69, 9.17) is 4.98 Å². The van der Waals surface area contributed by atoms with Crippen molar-refractivity contribution in [1.82, 2.24) is 14.1 Å². The Balaban J connectivity index is 1.38. The highest BCUT2D eigenvalue weighted by Crippen LogP contribution is 2.66. The lowest BCUT2D eigenvalue weighted by molar-refractivity contribution is 0.401. The molecule has 2 heterocycles. The minimum atomic E-state index is 0.274. The van der Waals surface area contributed by atoms with Crippen LogP contribution in [0.15, 0.2) is 66.7 Å². The molecule has 0 spiro atoms. The fraction of sp³-hybridized carbons (Fsp3) is 0.367. The minimum Gasteiger partial charge on any atom is -0.350 e. The van der Waals surface area contributed by atoms with Gasteiger partial charge in [0, 0.05) is 22.4 Å². The van der Waals surface area contributed by atoms with E-state index in [1.54, 1.807) is 0 Å². The standard InChI is InChI=1S/C30H30N4/c1-18(2)33-26-12-7-13-27(34-24-10-5-3-8-22(24)23-9-4-6-11-25(23)34)28(26)31-29(33)32-30-16-19-14-21(30)15-20(19)17-30/h3-13,18-21H,14-17H2,1-2H3,(H,31,32). The molecule has 0 aliphatic heterocycles. The lowest BCUT2D eigenvalue weighted by atomic mass is 9.91. The number of aromatic nitrogens is 3. The number of imidazole rings is 1. The van der Waals surface area contributed by atoms with Gasteiger partial charge in [0.25, 0.3) is 0 Å². The Morgan fingerprint density at radius 3 is 2.03 bits per heavy atom. The quantitative estimate of drug-likeness (QED) is 0.314. The van der Waals surface area contributed by atoms with E-state index in [1.807, 2.05) is 0 Å². The highest BCUT2D eigenvalue weighted by Gasteiger charge is 2.63. The monoisotopic (exact) mass is 446 g/mol. The van der Waals surface area contributed by atoms with Crippen molar-refractivity contribution in [3.05, 3.63) is 66.7 Å². The van der Waals surface area contributed by atoms with Gasteiger partial charge in [0.1, 0.15) is 5.52 Å². The number of hydrogen-bond acceptors (Lipinski definition) is 2. The number of para-hydroxylation sites is 3. The van der Waals surface area contributed by atoms with Crippen molar-refractivity contribution in [3.8, 4) is 5.69 Å². The molecule has 4 bridgehead atoms. The van der Waals surface area contributed by atoms with Crippen molar-refractivity contribution < 1.29 is 0 Å². The van der Waals surface area contributed by atoms with Gasteiger partial charge >= 0.3 is 0 Å². The van der Waals surface area contributed by atoms with Crippen molar-refractivity contribution in [2.24, 2.45) is 17.8 Å². The number of rotatable bonds is 4. The first-order valence-corrected chi connectivity index (χ1v) is 12.9. The van der Waals surface area contributed by atoms with Gasteiger partial charge in [-0.25, -0.2) is 4.98 Å². The number of benzene rings is 3. The topological polar surface area (TPSA) is 34.8 Å². The summed E-state index contributed by atoms with van der Waals surface area (Å²) in [6.45, 7) is 4.56. The summed E-state index contributed by atoms with van der Waals surface area (Å²) in [4.78, 5) is 5.36. The van der Waals surface area contributed by atoms with Gasteiger partial charge in [-0.2, -0.15) is 0 Å². The second kappa shape index (κ2) is 6.44. The smallest absolute Gasteiger partial charge is 0.204 e. The molecular formula is C30H30N4. The minimum absolute atomic E-state index is 0.274. The molecule has 4 heteroatoms. The largest absolute Gasteiger partial charge is 0.350 e. The van der Waals surface area contributed by atoms with Crippen LogP contribution < -0.4 is 5.32 Å². The molecule has 4 fully saturated rings. The summed E-state index contributed by atoms with van der Waals surface area (Å²) in [6, 6.07) is 24.5. The molecule has 0 amide bonds. The molecule has 4 saturated carbocycles. The Morgan fingerprint density at radius 1 is 0.824 bits per heavy atom. The zero-order chi connectivity index (χ0) is 22.6. The third-order valence-electron chi connectivity index (χ3n) is 9.27. The van der Waals surface area contributed by atoms with Crippen molar-refractivity contribution in [2.45, 2.75) is 51.1 Å². The van der Waals surface area contributed by atoms with E-state index in [-0.39, 0.29) is 5.54 Å². The number of hydrogen-bond donors (Lipinski definition) is 1. The molecule has 4 aliphatic carbocycles. The first-order chi connectivity index (χ1) is 16.6. The van der Waals surface area contributed by atoms with E-state index in [9.17, 15) is 0 Å². The van der Waals surface area contributed by atoms with Crippen LogP contribution in [0.4, 0.5) is 5.95 Å². The molecule has 0 saturated heterocycles. The highest BCUT2D eigenvalue weighted by molar-refractivity contribution is 6.10. The normalized spacial score (nSPS) is 27.3. The Labute approximate surface area is 199 Å². The second-order valence-electron chi connectivity index (χ2n) is 11.3. The Hall–Kier alpha value is -3.27. The zero-order valence-corrected chi connectivity index (χ0v) is 19.8. The fourth-order valence-electron chi connectivity index (χ4n) is 8.02. The van der Waals surface area contributed by atoms with Crippen LogP contribution >= 0.6 is 0 Å². The first-order valence-electron chi connectivity index (χ1n) is 12.9. The molecule has 0 radical (unpaired) electrons. The lowest BCUT2D eigenvalue weighted by Crippen LogP contribution is -2.38. The van der Waals surface area contributed by atoms with Crippen LogP contribution in [0.3, 0.4) is 0 Å². The molecule has 34 heavy (non-hydrogen) atoms. The average molecular weight is 447 g/mol. The van der Waals surface area contributed by atoms with Gasteiger partial charge in [-0.3, -0.25) is 0 Å². The summed E-state index contributed by atoms with van der Waals surface area (Å²) in [5, 5.41) is 6.65. The predicted molar refractivity (Wildman–Crippen MR) is 140 cm³/mol. The number of nitrogens with one attached hydrogen (secondary N) is 1. The third kappa shape index (κ3) is 2.31. The molecule has 4 aliphatic rings. The summed E-state index contributed by atoms with van der Waals surface area (Å²) in [5.74, 6) is 3.79. The molecule has 5 aromatic rings. The summed E-state index contributed by atoms with van der Waals surface area (Å²) >= 11 is 0. The van der Waals surface area contributed by atoms with Crippen LogP contribution in [0.25, 0.3) is 38.5 Å². The van der Waals surface area contributed by atoms with E-state index in [2.05, 4.69) is 95.0 Å². The van der Waals surface area contributed by atoms with Crippen LogP contribution in [0, 0.1) is 17.8 Å². The summed E-state index contributed by atoms with van der Waals surface area (Å²) in [6.07, 6.45) is 5.52. The second-order valence-corrected chi connectivity index (χ2v) is 11.3. The first kappa shape index (κ1) is 19.1. The molecule has 170 valence electrons. The van der Waals surface area contributed by atoms with E-state index in [1.165, 1.54) is 53.0 Å². The Morgan fingerprint density at radius 2 is 1.44 bits per heavy atom. The van der Waals surface area contributed by atoms with Crippen LogP contribution in [-0.4, -0.2) is 19.7 Å². The van der Waals surface area contributed by atoms with Crippen molar-refractivity contribution in [1.29, 1.82) is 0 Å². The van der Waals surface area contributed by atoms with Gasteiger partial charge in [0.2, 0.25) is 5.95 Å². The maximum Gasteiger partial charge on any atom is 0.204 e. The molecular weight excluding hydrogens is 416 g/mol. The third-order valence-corrected chi connectivity index (χ3v) is 9.27. The highest BCUT2D eigenvalue weighted by atomic mass is 15.3. The van der Waals surface area contributed by atoms with Crippen LogP contribution in [-0.2, 0) is 0 Å². The Bertz CT molecular complexity index is 1540. The van der Waals surface area contributed by atoms with Gasteiger partial charge in [-0.05, 0) is 81.5 Å². The van der Waals surface area contributed by atoms with Crippen LogP contribution in [0.2, 0.25) is 0 Å². The zero-order valence-electron chi connectivity index (χ0n) is 19.8. The van der Waals surface area contributed by atoms with Gasteiger partial charge in [-0.1, -0.05) is 42.5 Å². The summed E-state index contributed by atoms with van der Waals surface area (Å²) < 4.78 is 4.84. The number of fused-ring (bicyclic) bond motifs is 4. The maximum absolute atomic E-state index is 5.36. The van der Waals surface area contributed by atoms with E-state index in [0.717, 1.165) is 34.9 Å². The van der Waals surface area contributed by atoms with Gasteiger partial charge in [0.05, 0.1) is 22.2 Å². The summed E-state index contributed by atoms with van der Waals surface area (Å²) in [7, 11) is 0. The van der Waals surface area contributed by atoms with Gasteiger partial charge in [0.15, 0.2) is 0 Å². The molecule has 1 N–H and O–H groups in total. The lowest BCUT2D eigenvalue weighted by Gasteiger charge is -2.31. The maximum atomic E-state index is 5.36. The number of anilines is 1. The van der Waals surface area contributed by atoms with Crippen LogP contribution in [0.5, 0.6) is 0 Å². The van der Waals surface area contributed by atoms with Crippen molar-refractivity contribution in [3.63, 3.8) is 0 Å². The van der Waals surface area contributed by atoms with E-state index in [0.29, 0.717) is 6.04 Å².